The number of nitrogens with zero attached hydrogens (tertiary/aromatic N) is 1. The van der Waals surface area contributed by atoms with E-state index in [2.05, 4.69) is 4.90 Å². The Morgan fingerprint density at radius 1 is 0.739 bits per heavy atom. The average molecular weight is 327 g/mol. The number of para-hydroxylation sites is 2. The van der Waals surface area contributed by atoms with Crippen molar-refractivity contribution < 1.29 is 23.7 Å². The van der Waals surface area contributed by atoms with E-state index in [0.717, 1.165) is 31.1 Å². The number of methoxy groups -OCH3 is 3. The summed E-state index contributed by atoms with van der Waals surface area (Å²) in [4.78, 5) is 2.26. The molecule has 0 atom stereocenters. The first kappa shape index (κ1) is 19.7. The zero-order valence-electron chi connectivity index (χ0n) is 14.5. The number of rotatable bonds is 14. The normalized spacial score (nSPS) is 11.0. The molecule has 0 unspecified atom stereocenters. The molecule has 0 aromatic heterocycles. The quantitative estimate of drug-likeness (QED) is 0.485. The lowest BCUT2D eigenvalue weighted by molar-refractivity contribution is 0.0602. The van der Waals surface area contributed by atoms with Crippen LogP contribution in [0.5, 0.6) is 11.5 Å². The van der Waals surface area contributed by atoms with Crippen LogP contribution in [-0.2, 0) is 14.2 Å². The standard InChI is InChI=1S/C17H29NO5/c1-19-11-8-18(9-12-20-2)10-13-22-14-15-23-17-7-5-4-6-16(17)21-3/h4-7H,8-15H2,1-3H3. The van der Waals surface area contributed by atoms with Crippen molar-refractivity contribution in [3.05, 3.63) is 24.3 Å². The first-order valence-corrected chi connectivity index (χ1v) is 7.85. The van der Waals surface area contributed by atoms with Crippen LogP contribution in [0.2, 0.25) is 0 Å². The van der Waals surface area contributed by atoms with E-state index in [-0.39, 0.29) is 0 Å². The van der Waals surface area contributed by atoms with Gasteiger partial charge >= 0.3 is 0 Å². The van der Waals surface area contributed by atoms with Gasteiger partial charge in [0.1, 0.15) is 6.61 Å². The van der Waals surface area contributed by atoms with Gasteiger partial charge in [0, 0.05) is 33.9 Å². The lowest BCUT2D eigenvalue weighted by Gasteiger charge is -2.21. The highest BCUT2D eigenvalue weighted by Crippen LogP contribution is 2.25. The predicted octanol–water partition coefficient (Wildman–Crippen LogP) is 1.69. The third-order valence-electron chi connectivity index (χ3n) is 3.33. The van der Waals surface area contributed by atoms with Gasteiger partial charge in [-0.25, -0.2) is 0 Å². The Morgan fingerprint density at radius 2 is 1.35 bits per heavy atom. The van der Waals surface area contributed by atoms with Crippen LogP contribution in [0.25, 0.3) is 0 Å². The molecule has 23 heavy (non-hydrogen) atoms. The van der Waals surface area contributed by atoms with Crippen LogP contribution >= 0.6 is 0 Å². The molecule has 0 heterocycles. The first-order chi connectivity index (χ1) is 11.3. The molecule has 1 aromatic carbocycles. The van der Waals surface area contributed by atoms with Gasteiger partial charge in [-0.3, -0.25) is 4.90 Å². The SMILES string of the molecule is COCCN(CCOC)CCOCCOc1ccccc1OC. The Bertz CT molecular complexity index is 394. The Kier molecular flexibility index (Phi) is 11.3. The van der Waals surface area contributed by atoms with Crippen molar-refractivity contribution in [2.75, 3.05) is 74.0 Å². The molecule has 0 fully saturated rings. The van der Waals surface area contributed by atoms with E-state index >= 15 is 0 Å². The van der Waals surface area contributed by atoms with Crippen LogP contribution in [0.4, 0.5) is 0 Å². The first-order valence-electron chi connectivity index (χ1n) is 7.85. The minimum atomic E-state index is 0.497. The average Bonchev–Trinajstić information content (AvgIpc) is 2.59. The summed E-state index contributed by atoms with van der Waals surface area (Å²) < 4.78 is 26.8. The number of benzene rings is 1. The summed E-state index contributed by atoms with van der Waals surface area (Å²) in [6, 6.07) is 7.59. The van der Waals surface area contributed by atoms with Crippen molar-refractivity contribution in [3.63, 3.8) is 0 Å². The van der Waals surface area contributed by atoms with E-state index in [0.29, 0.717) is 33.0 Å². The third-order valence-corrected chi connectivity index (χ3v) is 3.33. The van der Waals surface area contributed by atoms with E-state index in [1.807, 2.05) is 24.3 Å². The molecule has 1 rings (SSSR count). The van der Waals surface area contributed by atoms with Crippen molar-refractivity contribution in [2.24, 2.45) is 0 Å². The van der Waals surface area contributed by atoms with Gasteiger partial charge in [-0.05, 0) is 12.1 Å². The number of ether oxygens (including phenoxy) is 5. The van der Waals surface area contributed by atoms with E-state index < -0.39 is 0 Å². The molecule has 0 spiro atoms. The van der Waals surface area contributed by atoms with Gasteiger partial charge in [-0.15, -0.1) is 0 Å². The molecular formula is C17H29NO5. The smallest absolute Gasteiger partial charge is 0.161 e. The van der Waals surface area contributed by atoms with Crippen molar-refractivity contribution in [1.29, 1.82) is 0 Å². The lowest BCUT2D eigenvalue weighted by atomic mass is 10.3. The molecule has 6 nitrogen and oxygen atoms in total. The molecule has 6 heteroatoms. The van der Waals surface area contributed by atoms with Gasteiger partial charge in [0.15, 0.2) is 11.5 Å². The molecule has 0 N–H and O–H groups in total. The topological polar surface area (TPSA) is 49.4 Å². The molecular weight excluding hydrogens is 298 g/mol. The highest BCUT2D eigenvalue weighted by Gasteiger charge is 2.05. The summed E-state index contributed by atoms with van der Waals surface area (Å²) in [5.41, 5.74) is 0. The molecule has 0 aliphatic heterocycles. The van der Waals surface area contributed by atoms with Gasteiger partial charge in [0.05, 0.1) is 33.5 Å². The summed E-state index contributed by atoms with van der Waals surface area (Å²) in [6.45, 7) is 5.71. The van der Waals surface area contributed by atoms with Crippen LogP contribution < -0.4 is 9.47 Å². The second-order valence-electron chi connectivity index (χ2n) is 4.94. The van der Waals surface area contributed by atoms with Gasteiger partial charge < -0.3 is 23.7 Å². The monoisotopic (exact) mass is 327 g/mol. The van der Waals surface area contributed by atoms with E-state index in [1.54, 1.807) is 21.3 Å². The van der Waals surface area contributed by atoms with Crippen molar-refractivity contribution in [2.45, 2.75) is 0 Å². The summed E-state index contributed by atoms with van der Waals surface area (Å²) in [5.74, 6) is 1.47. The molecule has 0 saturated carbocycles. The van der Waals surface area contributed by atoms with Gasteiger partial charge in [0.2, 0.25) is 0 Å². The zero-order valence-corrected chi connectivity index (χ0v) is 14.5. The Labute approximate surface area is 139 Å². The molecule has 0 bridgehead atoms. The maximum atomic E-state index is 5.66. The Hall–Kier alpha value is -1.34. The molecule has 1 aromatic rings. The van der Waals surface area contributed by atoms with E-state index in [1.165, 1.54) is 0 Å². The van der Waals surface area contributed by atoms with E-state index in [9.17, 15) is 0 Å². The largest absolute Gasteiger partial charge is 0.493 e. The summed E-state index contributed by atoms with van der Waals surface area (Å²) >= 11 is 0. The van der Waals surface area contributed by atoms with Gasteiger partial charge in [-0.1, -0.05) is 12.1 Å². The van der Waals surface area contributed by atoms with Gasteiger partial charge in [0.25, 0.3) is 0 Å². The summed E-state index contributed by atoms with van der Waals surface area (Å²) in [5, 5.41) is 0. The van der Waals surface area contributed by atoms with Crippen LogP contribution in [0.3, 0.4) is 0 Å². The molecule has 0 saturated heterocycles. The fourth-order valence-corrected chi connectivity index (χ4v) is 2.02. The highest BCUT2D eigenvalue weighted by atomic mass is 16.5. The summed E-state index contributed by atoms with van der Waals surface area (Å²) in [6.07, 6.45) is 0. The van der Waals surface area contributed by atoms with Crippen LogP contribution in [0.1, 0.15) is 0 Å². The third kappa shape index (κ3) is 8.76. The number of hydrogen-bond donors (Lipinski definition) is 0. The molecule has 0 radical (unpaired) electrons. The van der Waals surface area contributed by atoms with Crippen molar-refractivity contribution >= 4 is 0 Å². The van der Waals surface area contributed by atoms with Gasteiger partial charge in [-0.2, -0.15) is 0 Å². The van der Waals surface area contributed by atoms with Crippen molar-refractivity contribution in [1.82, 2.24) is 4.90 Å². The fraction of sp³-hybridized carbons (Fsp3) is 0.647. The predicted molar refractivity (Wildman–Crippen MR) is 89.5 cm³/mol. The minimum absolute atomic E-state index is 0.497. The van der Waals surface area contributed by atoms with Crippen molar-refractivity contribution in [3.8, 4) is 11.5 Å². The molecule has 0 aliphatic carbocycles. The molecule has 0 aliphatic rings. The fourth-order valence-electron chi connectivity index (χ4n) is 2.02. The highest BCUT2D eigenvalue weighted by molar-refractivity contribution is 5.39. The van der Waals surface area contributed by atoms with Crippen LogP contribution in [0, 0.1) is 0 Å². The minimum Gasteiger partial charge on any atom is -0.493 e. The van der Waals surface area contributed by atoms with Crippen LogP contribution in [0.15, 0.2) is 24.3 Å². The maximum Gasteiger partial charge on any atom is 0.161 e. The van der Waals surface area contributed by atoms with Crippen LogP contribution in [-0.4, -0.2) is 78.9 Å². The lowest BCUT2D eigenvalue weighted by Crippen LogP contribution is -2.34. The van der Waals surface area contributed by atoms with E-state index in [4.69, 9.17) is 23.7 Å². The second kappa shape index (κ2) is 13.1. The number of hydrogen-bond acceptors (Lipinski definition) is 6. The molecule has 0 amide bonds. The molecule has 132 valence electrons. The maximum absolute atomic E-state index is 5.66. The Morgan fingerprint density at radius 3 is 1.96 bits per heavy atom. The zero-order chi connectivity index (χ0) is 16.8. The second-order valence-corrected chi connectivity index (χ2v) is 4.94. The summed E-state index contributed by atoms with van der Waals surface area (Å²) in [7, 11) is 5.05. The Balaban J connectivity index is 2.15.